The van der Waals surface area contributed by atoms with E-state index in [-0.39, 0.29) is 18.1 Å². The Kier molecular flexibility index (Phi) is 6.41. The monoisotopic (exact) mass is 408 g/mol. The van der Waals surface area contributed by atoms with Crippen LogP contribution in [0.5, 0.6) is 17.2 Å². The van der Waals surface area contributed by atoms with Crippen LogP contribution in [0.1, 0.15) is 12.5 Å². The van der Waals surface area contributed by atoms with E-state index in [0.29, 0.717) is 40.7 Å². The van der Waals surface area contributed by atoms with Crippen LogP contribution in [0, 0.1) is 0 Å². The Morgan fingerprint density at radius 2 is 1.70 bits per heavy atom. The van der Waals surface area contributed by atoms with Crippen molar-refractivity contribution in [2.45, 2.75) is 6.92 Å². The van der Waals surface area contributed by atoms with E-state index in [1.54, 1.807) is 49.6 Å². The van der Waals surface area contributed by atoms with Crippen molar-refractivity contribution in [1.29, 1.82) is 0 Å². The van der Waals surface area contributed by atoms with Gasteiger partial charge in [-0.25, -0.2) is 0 Å². The molecule has 2 aromatic rings. The summed E-state index contributed by atoms with van der Waals surface area (Å²) >= 11 is 0. The number of methoxy groups -OCH3 is 2. The molecular weight excluding hydrogens is 384 g/mol. The number of nitrogens with zero attached hydrogens (tertiary/aromatic N) is 1. The third-order valence-corrected chi connectivity index (χ3v) is 4.59. The van der Waals surface area contributed by atoms with Crippen LogP contribution in [0.4, 0.5) is 5.69 Å². The fourth-order valence-corrected chi connectivity index (χ4v) is 3.20. The number of carbonyl (C=O) groups excluding carboxylic acids is 2. The Hall–Kier alpha value is -3.74. The lowest BCUT2D eigenvalue weighted by Crippen LogP contribution is -2.32. The van der Waals surface area contributed by atoms with Gasteiger partial charge in [-0.15, -0.1) is 6.58 Å². The standard InChI is InChI=1S/C23H24N2O5/c1-5-13-25-22(26)20(15-7-10-17(11-8-15)30-6-2)21(23(25)27)24-16-9-12-18(28-3)19(14-16)29-4/h5,7-12,14,24H,1,6,13H2,2-4H3. The number of hydrogen-bond acceptors (Lipinski definition) is 6. The molecule has 2 amide bonds. The van der Waals surface area contributed by atoms with Crippen LogP contribution in [0.25, 0.3) is 5.57 Å². The zero-order chi connectivity index (χ0) is 21.7. The van der Waals surface area contributed by atoms with E-state index in [1.807, 2.05) is 6.92 Å². The molecule has 0 fully saturated rings. The quantitative estimate of drug-likeness (QED) is 0.506. The van der Waals surface area contributed by atoms with E-state index in [9.17, 15) is 9.59 Å². The van der Waals surface area contributed by atoms with Gasteiger partial charge in [-0.05, 0) is 36.8 Å². The second-order valence-electron chi connectivity index (χ2n) is 6.41. The fraction of sp³-hybridized carbons (Fsp3) is 0.217. The lowest BCUT2D eigenvalue weighted by molar-refractivity contribution is -0.136. The van der Waals surface area contributed by atoms with Gasteiger partial charge in [0.15, 0.2) is 11.5 Å². The number of hydrogen-bond donors (Lipinski definition) is 1. The normalized spacial score (nSPS) is 13.5. The summed E-state index contributed by atoms with van der Waals surface area (Å²) in [5, 5.41) is 3.09. The van der Waals surface area contributed by atoms with E-state index in [4.69, 9.17) is 14.2 Å². The summed E-state index contributed by atoms with van der Waals surface area (Å²) in [7, 11) is 3.08. The first-order chi connectivity index (χ1) is 14.5. The molecule has 7 heteroatoms. The van der Waals surface area contributed by atoms with Gasteiger partial charge in [0.25, 0.3) is 11.8 Å². The Labute approximate surface area is 175 Å². The highest BCUT2D eigenvalue weighted by atomic mass is 16.5. The molecule has 1 aliphatic heterocycles. The number of carbonyl (C=O) groups is 2. The first-order valence-electron chi connectivity index (χ1n) is 9.47. The zero-order valence-corrected chi connectivity index (χ0v) is 17.2. The highest BCUT2D eigenvalue weighted by Crippen LogP contribution is 2.34. The van der Waals surface area contributed by atoms with Gasteiger partial charge in [0.2, 0.25) is 0 Å². The maximum Gasteiger partial charge on any atom is 0.278 e. The van der Waals surface area contributed by atoms with Crippen molar-refractivity contribution in [3.63, 3.8) is 0 Å². The number of amides is 2. The summed E-state index contributed by atoms with van der Waals surface area (Å²) in [6.07, 6.45) is 1.52. The van der Waals surface area contributed by atoms with Gasteiger partial charge in [-0.2, -0.15) is 0 Å². The van der Waals surface area contributed by atoms with E-state index in [0.717, 1.165) is 4.90 Å². The molecule has 2 aromatic carbocycles. The molecule has 0 saturated carbocycles. The molecule has 156 valence electrons. The summed E-state index contributed by atoms with van der Waals surface area (Å²) in [6, 6.07) is 12.2. The molecule has 0 saturated heterocycles. The average Bonchev–Trinajstić information content (AvgIpc) is 2.99. The highest BCUT2D eigenvalue weighted by molar-refractivity contribution is 6.36. The van der Waals surface area contributed by atoms with Gasteiger partial charge in [0.1, 0.15) is 11.4 Å². The topological polar surface area (TPSA) is 77.1 Å². The van der Waals surface area contributed by atoms with Crippen LogP contribution in [-0.2, 0) is 9.59 Å². The molecular formula is C23H24N2O5. The molecule has 0 unspecified atom stereocenters. The van der Waals surface area contributed by atoms with Gasteiger partial charge >= 0.3 is 0 Å². The summed E-state index contributed by atoms with van der Waals surface area (Å²) < 4.78 is 16.0. The SMILES string of the molecule is C=CCN1C(=O)C(Nc2ccc(OC)c(OC)c2)=C(c2ccc(OCC)cc2)C1=O. The molecule has 0 radical (unpaired) electrons. The summed E-state index contributed by atoms with van der Waals surface area (Å²) in [5.74, 6) is 0.956. The van der Waals surface area contributed by atoms with Crippen molar-refractivity contribution in [3.8, 4) is 17.2 Å². The summed E-state index contributed by atoms with van der Waals surface area (Å²) in [5.41, 5.74) is 1.69. The number of nitrogens with one attached hydrogen (secondary N) is 1. The second-order valence-corrected chi connectivity index (χ2v) is 6.41. The van der Waals surface area contributed by atoms with E-state index >= 15 is 0 Å². The van der Waals surface area contributed by atoms with E-state index in [2.05, 4.69) is 11.9 Å². The maximum atomic E-state index is 13.0. The predicted octanol–water partition coefficient (Wildman–Crippen LogP) is 3.48. The summed E-state index contributed by atoms with van der Waals surface area (Å²) in [4.78, 5) is 27.2. The van der Waals surface area contributed by atoms with E-state index in [1.165, 1.54) is 13.2 Å². The van der Waals surface area contributed by atoms with E-state index < -0.39 is 5.91 Å². The summed E-state index contributed by atoms with van der Waals surface area (Å²) in [6.45, 7) is 6.20. The molecule has 1 aliphatic rings. The minimum atomic E-state index is -0.418. The lowest BCUT2D eigenvalue weighted by Gasteiger charge is -2.13. The molecule has 3 rings (SSSR count). The number of anilines is 1. The number of benzene rings is 2. The van der Waals surface area contributed by atoms with Crippen LogP contribution < -0.4 is 19.5 Å². The fourth-order valence-electron chi connectivity index (χ4n) is 3.20. The average molecular weight is 408 g/mol. The second kappa shape index (κ2) is 9.17. The van der Waals surface area contributed by atoms with Crippen molar-refractivity contribution < 1.29 is 23.8 Å². The molecule has 0 spiro atoms. The maximum absolute atomic E-state index is 13.0. The van der Waals surface area contributed by atoms with Crippen LogP contribution >= 0.6 is 0 Å². The van der Waals surface area contributed by atoms with Crippen LogP contribution in [0.2, 0.25) is 0 Å². The first kappa shape index (κ1) is 21.0. The van der Waals surface area contributed by atoms with Crippen molar-refractivity contribution in [2.75, 3.05) is 32.7 Å². The molecule has 1 N–H and O–H groups in total. The molecule has 30 heavy (non-hydrogen) atoms. The van der Waals surface area contributed by atoms with Gasteiger partial charge < -0.3 is 19.5 Å². The van der Waals surface area contributed by atoms with Crippen LogP contribution in [0.15, 0.2) is 60.8 Å². The van der Waals surface area contributed by atoms with Crippen molar-refractivity contribution >= 4 is 23.1 Å². The molecule has 7 nitrogen and oxygen atoms in total. The highest BCUT2D eigenvalue weighted by Gasteiger charge is 2.38. The molecule has 1 heterocycles. The van der Waals surface area contributed by atoms with Gasteiger partial charge in [0.05, 0.1) is 26.4 Å². The van der Waals surface area contributed by atoms with Gasteiger partial charge in [-0.3, -0.25) is 14.5 Å². The zero-order valence-electron chi connectivity index (χ0n) is 17.2. The minimum Gasteiger partial charge on any atom is -0.494 e. The lowest BCUT2D eigenvalue weighted by atomic mass is 10.0. The largest absolute Gasteiger partial charge is 0.494 e. The first-order valence-corrected chi connectivity index (χ1v) is 9.47. The molecule has 0 atom stereocenters. The Morgan fingerprint density at radius 3 is 2.30 bits per heavy atom. The Bertz CT molecular complexity index is 995. The molecule has 0 aromatic heterocycles. The third kappa shape index (κ3) is 4.00. The Balaban J connectivity index is 2.04. The van der Waals surface area contributed by atoms with Crippen molar-refractivity contribution in [1.82, 2.24) is 4.90 Å². The molecule has 0 aliphatic carbocycles. The van der Waals surface area contributed by atoms with Gasteiger partial charge in [-0.1, -0.05) is 18.2 Å². The Morgan fingerprint density at radius 1 is 1.00 bits per heavy atom. The van der Waals surface area contributed by atoms with Crippen LogP contribution in [0.3, 0.4) is 0 Å². The minimum absolute atomic E-state index is 0.120. The van der Waals surface area contributed by atoms with Crippen LogP contribution in [-0.4, -0.2) is 44.1 Å². The van der Waals surface area contributed by atoms with Crippen molar-refractivity contribution in [3.05, 3.63) is 66.4 Å². The number of imide groups is 1. The van der Waals surface area contributed by atoms with Crippen molar-refractivity contribution in [2.24, 2.45) is 0 Å². The third-order valence-electron chi connectivity index (χ3n) is 4.59. The smallest absolute Gasteiger partial charge is 0.278 e. The van der Waals surface area contributed by atoms with Gasteiger partial charge in [0, 0.05) is 18.3 Å². The predicted molar refractivity (Wildman–Crippen MR) is 115 cm³/mol. The number of ether oxygens (including phenoxy) is 3. The molecule has 0 bridgehead atoms. The number of rotatable bonds is 9.